The molecule has 0 radical (unpaired) electrons. The van der Waals surface area contributed by atoms with Crippen molar-refractivity contribution in [3.8, 4) is 0 Å². The van der Waals surface area contributed by atoms with Crippen LogP contribution in [0, 0.1) is 6.92 Å². The predicted octanol–water partition coefficient (Wildman–Crippen LogP) is 4.53. The van der Waals surface area contributed by atoms with E-state index in [4.69, 9.17) is 0 Å². The van der Waals surface area contributed by atoms with Gasteiger partial charge in [-0.25, -0.2) is 0 Å². The summed E-state index contributed by atoms with van der Waals surface area (Å²) in [6.45, 7) is 2.79. The fraction of sp³-hybridized carbons (Fsp3) is 0.154. The number of aryl methyl sites for hydroxylation is 1. The highest BCUT2D eigenvalue weighted by atomic mass is 79.9. The Morgan fingerprint density at radius 2 is 1.88 bits per heavy atom. The molecule has 0 spiro atoms. The third-order valence-electron chi connectivity index (χ3n) is 2.40. The Morgan fingerprint density at radius 1 is 1.18 bits per heavy atom. The molecule has 0 fully saturated rings. The first kappa shape index (κ1) is 12.6. The summed E-state index contributed by atoms with van der Waals surface area (Å²) < 4.78 is 1.98. The summed E-state index contributed by atoms with van der Waals surface area (Å²) in [5, 5.41) is 3.34. The van der Waals surface area contributed by atoms with Gasteiger partial charge in [-0.3, -0.25) is 4.98 Å². The molecule has 0 saturated heterocycles. The van der Waals surface area contributed by atoms with Gasteiger partial charge in [-0.1, -0.05) is 17.7 Å². The van der Waals surface area contributed by atoms with Gasteiger partial charge in [0.25, 0.3) is 0 Å². The topological polar surface area (TPSA) is 24.9 Å². The fourth-order valence-corrected chi connectivity index (χ4v) is 2.56. The van der Waals surface area contributed by atoms with Crippen LogP contribution in [0.2, 0.25) is 0 Å². The van der Waals surface area contributed by atoms with Crippen molar-refractivity contribution in [2.24, 2.45) is 0 Å². The minimum absolute atomic E-state index is 0.705. The van der Waals surface area contributed by atoms with Crippen molar-refractivity contribution in [2.75, 3.05) is 5.32 Å². The highest BCUT2D eigenvalue weighted by molar-refractivity contribution is 9.11. The third-order valence-corrected chi connectivity index (χ3v) is 3.52. The van der Waals surface area contributed by atoms with Gasteiger partial charge in [-0.2, -0.15) is 0 Å². The van der Waals surface area contributed by atoms with Crippen LogP contribution in [0.1, 0.15) is 11.3 Å². The third kappa shape index (κ3) is 3.54. The molecule has 2 nitrogen and oxygen atoms in total. The van der Waals surface area contributed by atoms with E-state index in [2.05, 4.69) is 73.3 Å². The molecule has 0 atom stereocenters. The molecule has 0 unspecified atom stereocenters. The number of benzene rings is 1. The van der Waals surface area contributed by atoms with Gasteiger partial charge in [0, 0.05) is 20.8 Å². The first-order chi connectivity index (χ1) is 8.15. The zero-order valence-electron chi connectivity index (χ0n) is 9.37. The van der Waals surface area contributed by atoms with E-state index in [9.17, 15) is 0 Å². The van der Waals surface area contributed by atoms with Crippen molar-refractivity contribution in [3.63, 3.8) is 0 Å². The molecular weight excluding hydrogens is 344 g/mol. The van der Waals surface area contributed by atoms with Crippen LogP contribution >= 0.6 is 31.9 Å². The van der Waals surface area contributed by atoms with Gasteiger partial charge in [0.2, 0.25) is 0 Å². The average Bonchev–Trinajstić information content (AvgIpc) is 2.30. The molecule has 0 aliphatic carbocycles. The van der Waals surface area contributed by atoms with E-state index >= 15 is 0 Å². The Labute approximate surface area is 118 Å². The minimum Gasteiger partial charge on any atom is -0.379 e. The van der Waals surface area contributed by atoms with E-state index in [-0.39, 0.29) is 0 Å². The van der Waals surface area contributed by atoms with Gasteiger partial charge in [-0.15, -0.1) is 0 Å². The van der Waals surface area contributed by atoms with Gasteiger partial charge in [-0.05, 0) is 57.0 Å². The van der Waals surface area contributed by atoms with E-state index < -0.39 is 0 Å². The zero-order valence-corrected chi connectivity index (χ0v) is 12.5. The number of nitrogens with zero attached hydrogens (tertiary/aromatic N) is 1. The summed E-state index contributed by atoms with van der Waals surface area (Å²) in [5.74, 6) is 0. The molecule has 17 heavy (non-hydrogen) atoms. The maximum absolute atomic E-state index is 4.35. The Hall–Kier alpha value is -0.870. The van der Waals surface area contributed by atoms with Crippen LogP contribution < -0.4 is 5.32 Å². The van der Waals surface area contributed by atoms with Crippen LogP contribution in [0.3, 0.4) is 0 Å². The van der Waals surface area contributed by atoms with Gasteiger partial charge in [0.1, 0.15) is 0 Å². The first-order valence-corrected chi connectivity index (χ1v) is 6.84. The van der Waals surface area contributed by atoms with Gasteiger partial charge in [0.15, 0.2) is 0 Å². The molecule has 2 aromatic rings. The molecule has 0 saturated carbocycles. The molecule has 2 rings (SSSR count). The number of halogens is 2. The van der Waals surface area contributed by atoms with E-state index in [1.165, 1.54) is 5.56 Å². The lowest BCUT2D eigenvalue weighted by molar-refractivity contribution is 1.03. The van der Waals surface area contributed by atoms with E-state index in [0.29, 0.717) is 6.54 Å². The number of hydrogen-bond donors (Lipinski definition) is 1. The van der Waals surface area contributed by atoms with Crippen LogP contribution in [-0.4, -0.2) is 4.98 Å². The molecular formula is C13H12Br2N2. The molecule has 4 heteroatoms. The van der Waals surface area contributed by atoms with Crippen molar-refractivity contribution in [1.82, 2.24) is 4.98 Å². The maximum atomic E-state index is 4.35. The molecule has 1 heterocycles. The summed E-state index contributed by atoms with van der Waals surface area (Å²) in [4.78, 5) is 4.35. The van der Waals surface area contributed by atoms with Crippen LogP contribution in [0.4, 0.5) is 5.69 Å². The summed E-state index contributed by atoms with van der Waals surface area (Å²) >= 11 is 6.89. The quantitative estimate of drug-likeness (QED) is 0.875. The van der Waals surface area contributed by atoms with E-state index in [0.717, 1.165) is 20.3 Å². The van der Waals surface area contributed by atoms with Gasteiger partial charge >= 0.3 is 0 Å². The van der Waals surface area contributed by atoms with E-state index in [1.807, 2.05) is 6.07 Å². The number of nitrogens with one attached hydrogen (secondary N) is 1. The van der Waals surface area contributed by atoms with Crippen LogP contribution in [0.15, 0.2) is 45.5 Å². The number of hydrogen-bond acceptors (Lipinski definition) is 2. The molecule has 1 N–H and O–H groups in total. The molecule has 0 amide bonds. The Kier molecular flexibility index (Phi) is 4.18. The van der Waals surface area contributed by atoms with Crippen molar-refractivity contribution in [2.45, 2.75) is 13.5 Å². The first-order valence-electron chi connectivity index (χ1n) is 5.25. The predicted molar refractivity (Wildman–Crippen MR) is 78.1 cm³/mol. The summed E-state index contributed by atoms with van der Waals surface area (Å²) in [5.41, 5.74) is 3.36. The highest BCUT2D eigenvalue weighted by Gasteiger charge is 2.02. The smallest absolute Gasteiger partial charge is 0.0737 e. The van der Waals surface area contributed by atoms with Crippen LogP contribution in [0.25, 0.3) is 0 Å². The van der Waals surface area contributed by atoms with Crippen molar-refractivity contribution >= 4 is 37.5 Å². The monoisotopic (exact) mass is 354 g/mol. The molecule has 88 valence electrons. The minimum atomic E-state index is 0.705. The summed E-state index contributed by atoms with van der Waals surface area (Å²) in [7, 11) is 0. The summed E-state index contributed by atoms with van der Waals surface area (Å²) in [6, 6.07) is 10.3. The molecule has 1 aromatic heterocycles. The maximum Gasteiger partial charge on any atom is 0.0737 e. The normalized spacial score (nSPS) is 10.3. The second-order valence-corrected chi connectivity index (χ2v) is 5.57. The standard InChI is InChI=1S/C13H12Br2N2/c1-9-2-4-11(5-3-9)16-8-13-12(15)6-10(14)7-17-13/h2-7,16H,8H2,1H3. The Balaban J connectivity index is 2.04. The van der Waals surface area contributed by atoms with Gasteiger partial charge < -0.3 is 5.32 Å². The van der Waals surface area contributed by atoms with Crippen molar-refractivity contribution in [3.05, 3.63) is 56.7 Å². The lowest BCUT2D eigenvalue weighted by Crippen LogP contribution is -2.02. The number of rotatable bonds is 3. The second-order valence-electron chi connectivity index (χ2n) is 3.80. The van der Waals surface area contributed by atoms with E-state index in [1.54, 1.807) is 6.20 Å². The molecule has 0 aliphatic heterocycles. The lowest BCUT2D eigenvalue weighted by atomic mass is 10.2. The zero-order chi connectivity index (χ0) is 12.3. The molecule has 0 bridgehead atoms. The number of anilines is 1. The van der Waals surface area contributed by atoms with Crippen LogP contribution in [0.5, 0.6) is 0 Å². The Morgan fingerprint density at radius 3 is 2.53 bits per heavy atom. The average molecular weight is 356 g/mol. The summed E-state index contributed by atoms with van der Waals surface area (Å²) in [6.07, 6.45) is 1.80. The van der Waals surface area contributed by atoms with Crippen LogP contribution in [-0.2, 0) is 6.54 Å². The molecule has 0 aliphatic rings. The number of pyridine rings is 1. The van der Waals surface area contributed by atoms with Gasteiger partial charge in [0.05, 0.1) is 12.2 Å². The molecule has 1 aromatic carbocycles. The second kappa shape index (κ2) is 5.65. The largest absolute Gasteiger partial charge is 0.379 e. The SMILES string of the molecule is Cc1ccc(NCc2ncc(Br)cc2Br)cc1. The number of aromatic nitrogens is 1. The van der Waals surface area contributed by atoms with Crippen molar-refractivity contribution in [1.29, 1.82) is 0 Å². The fourth-order valence-electron chi connectivity index (χ4n) is 1.43. The van der Waals surface area contributed by atoms with Crippen molar-refractivity contribution < 1.29 is 0 Å². The highest BCUT2D eigenvalue weighted by Crippen LogP contribution is 2.20. The Bertz CT molecular complexity index is 509. The lowest BCUT2D eigenvalue weighted by Gasteiger charge is -2.08.